The molecule has 3 rings (SSSR count). The molecule has 0 amide bonds. The molecule has 1 heterocycles. The molecule has 1 N–H and O–H groups in total. The molecule has 0 saturated carbocycles. The van der Waals surface area contributed by atoms with Crippen LogP contribution in [-0.2, 0) is 6.42 Å². The highest BCUT2D eigenvalue weighted by Crippen LogP contribution is 2.30. The number of ether oxygens (including phenoxy) is 1. The molecule has 1 aliphatic heterocycles. The fraction of sp³-hybridized carbons (Fsp3) is 0.294. The summed E-state index contributed by atoms with van der Waals surface area (Å²) in [6.07, 6.45) is 1.24. The van der Waals surface area contributed by atoms with Crippen LogP contribution in [0.3, 0.4) is 0 Å². The van der Waals surface area contributed by atoms with Gasteiger partial charge in [0.1, 0.15) is 17.7 Å². The second-order valence-corrected chi connectivity index (χ2v) is 5.23. The first-order chi connectivity index (χ1) is 9.65. The van der Waals surface area contributed by atoms with Crippen LogP contribution < -0.4 is 4.74 Å². The molecule has 3 heteroatoms. The van der Waals surface area contributed by atoms with Gasteiger partial charge >= 0.3 is 0 Å². The summed E-state index contributed by atoms with van der Waals surface area (Å²) in [7, 11) is 0. The summed E-state index contributed by atoms with van der Waals surface area (Å²) in [4.78, 5) is 0. The van der Waals surface area contributed by atoms with Crippen molar-refractivity contribution in [3.8, 4) is 5.75 Å². The van der Waals surface area contributed by atoms with Crippen LogP contribution in [-0.4, -0.2) is 11.7 Å². The zero-order valence-corrected chi connectivity index (χ0v) is 11.4. The van der Waals surface area contributed by atoms with Crippen molar-refractivity contribution in [3.63, 3.8) is 0 Å². The molecule has 20 heavy (non-hydrogen) atoms. The second kappa shape index (κ2) is 5.25. The minimum atomic E-state index is -0.735. The minimum absolute atomic E-state index is 0.250. The van der Waals surface area contributed by atoms with E-state index >= 15 is 0 Å². The number of aliphatic hydroxyl groups is 1. The lowest BCUT2D eigenvalue weighted by atomic mass is 9.96. The van der Waals surface area contributed by atoms with Gasteiger partial charge in [-0.05, 0) is 60.2 Å². The van der Waals surface area contributed by atoms with Gasteiger partial charge in [0.05, 0.1) is 6.61 Å². The number of fused-ring (bicyclic) bond motifs is 1. The largest absolute Gasteiger partial charge is 0.493 e. The van der Waals surface area contributed by atoms with Crippen molar-refractivity contribution >= 4 is 0 Å². The normalized spacial score (nSPS) is 15.3. The van der Waals surface area contributed by atoms with E-state index in [-0.39, 0.29) is 5.82 Å². The van der Waals surface area contributed by atoms with Crippen molar-refractivity contribution in [2.45, 2.75) is 25.9 Å². The predicted octanol–water partition coefficient (Wildman–Crippen LogP) is 3.54. The predicted molar refractivity (Wildman–Crippen MR) is 75.5 cm³/mol. The molecule has 0 saturated heterocycles. The number of hydrogen-bond donors (Lipinski definition) is 1. The molecule has 0 fully saturated rings. The van der Waals surface area contributed by atoms with Gasteiger partial charge in [0.15, 0.2) is 0 Å². The van der Waals surface area contributed by atoms with E-state index in [1.807, 2.05) is 18.2 Å². The van der Waals surface area contributed by atoms with Crippen LogP contribution in [0.4, 0.5) is 4.39 Å². The van der Waals surface area contributed by atoms with Gasteiger partial charge in [-0.15, -0.1) is 0 Å². The molecule has 2 aromatic carbocycles. The van der Waals surface area contributed by atoms with E-state index in [1.54, 1.807) is 19.1 Å². The molecule has 1 atom stereocenters. The van der Waals surface area contributed by atoms with E-state index in [0.29, 0.717) is 11.1 Å². The number of aliphatic hydroxyl groups excluding tert-OH is 1. The zero-order valence-electron chi connectivity index (χ0n) is 11.4. The maximum atomic E-state index is 13.3. The van der Waals surface area contributed by atoms with Crippen LogP contribution in [0.15, 0.2) is 36.4 Å². The molecule has 104 valence electrons. The maximum absolute atomic E-state index is 13.3. The minimum Gasteiger partial charge on any atom is -0.493 e. The van der Waals surface area contributed by atoms with Crippen molar-refractivity contribution in [1.82, 2.24) is 0 Å². The molecule has 0 aromatic heterocycles. The van der Waals surface area contributed by atoms with E-state index in [1.165, 1.54) is 6.07 Å². The standard InChI is InChI=1S/C17H17FO2/c1-11-9-13(4-6-15(11)18)17(19)14-5-7-16-12(10-14)3-2-8-20-16/h4-7,9-10,17,19H,2-3,8H2,1H3. The van der Waals surface area contributed by atoms with Gasteiger partial charge in [-0.3, -0.25) is 0 Å². The van der Waals surface area contributed by atoms with E-state index in [2.05, 4.69) is 0 Å². The summed E-state index contributed by atoms with van der Waals surface area (Å²) in [6, 6.07) is 10.5. The third-order valence-electron chi connectivity index (χ3n) is 3.75. The average molecular weight is 272 g/mol. The number of benzene rings is 2. The summed E-state index contributed by atoms with van der Waals surface area (Å²) in [5.74, 6) is 0.655. The Morgan fingerprint density at radius 1 is 1.15 bits per heavy atom. The topological polar surface area (TPSA) is 29.5 Å². The lowest BCUT2D eigenvalue weighted by Gasteiger charge is -2.20. The third-order valence-corrected chi connectivity index (χ3v) is 3.75. The fourth-order valence-electron chi connectivity index (χ4n) is 2.58. The first kappa shape index (κ1) is 13.1. The molecule has 1 unspecified atom stereocenters. The number of rotatable bonds is 2. The van der Waals surface area contributed by atoms with Gasteiger partial charge in [-0.25, -0.2) is 4.39 Å². The van der Waals surface area contributed by atoms with E-state index < -0.39 is 6.10 Å². The van der Waals surface area contributed by atoms with Crippen molar-refractivity contribution in [3.05, 3.63) is 64.5 Å². The van der Waals surface area contributed by atoms with Gasteiger partial charge in [0, 0.05) is 0 Å². The van der Waals surface area contributed by atoms with Crippen LogP contribution >= 0.6 is 0 Å². The molecule has 2 nitrogen and oxygen atoms in total. The maximum Gasteiger partial charge on any atom is 0.126 e. The zero-order chi connectivity index (χ0) is 14.1. The lowest BCUT2D eigenvalue weighted by molar-refractivity contribution is 0.219. The van der Waals surface area contributed by atoms with Crippen molar-refractivity contribution in [1.29, 1.82) is 0 Å². The van der Waals surface area contributed by atoms with Gasteiger partial charge in [0.2, 0.25) is 0 Å². The summed E-state index contributed by atoms with van der Waals surface area (Å²) < 4.78 is 18.9. The monoisotopic (exact) mass is 272 g/mol. The fourth-order valence-corrected chi connectivity index (χ4v) is 2.58. The summed E-state index contributed by atoms with van der Waals surface area (Å²) in [5, 5.41) is 10.4. The molecule has 0 radical (unpaired) electrons. The van der Waals surface area contributed by atoms with Gasteiger partial charge in [-0.2, -0.15) is 0 Å². The molecule has 1 aliphatic rings. The Labute approximate surface area is 117 Å². The third kappa shape index (κ3) is 2.41. The highest BCUT2D eigenvalue weighted by atomic mass is 19.1. The van der Waals surface area contributed by atoms with Crippen LogP contribution in [0.2, 0.25) is 0 Å². The number of aryl methyl sites for hydroxylation is 2. The molecular weight excluding hydrogens is 255 g/mol. The Balaban J connectivity index is 1.93. The second-order valence-electron chi connectivity index (χ2n) is 5.23. The first-order valence-corrected chi connectivity index (χ1v) is 6.85. The summed E-state index contributed by atoms with van der Waals surface area (Å²) in [5.41, 5.74) is 3.20. The summed E-state index contributed by atoms with van der Waals surface area (Å²) >= 11 is 0. The Bertz CT molecular complexity index is 637. The highest BCUT2D eigenvalue weighted by Gasteiger charge is 2.16. The SMILES string of the molecule is Cc1cc(C(O)c2ccc3c(c2)CCCO3)ccc1F. The summed E-state index contributed by atoms with van der Waals surface area (Å²) in [6.45, 7) is 2.46. The first-order valence-electron chi connectivity index (χ1n) is 6.85. The quantitative estimate of drug-likeness (QED) is 0.906. The Morgan fingerprint density at radius 3 is 2.70 bits per heavy atom. The Morgan fingerprint density at radius 2 is 1.90 bits per heavy atom. The van der Waals surface area contributed by atoms with Crippen LogP contribution in [0.25, 0.3) is 0 Å². The average Bonchev–Trinajstić information content (AvgIpc) is 2.49. The van der Waals surface area contributed by atoms with Crippen molar-refractivity contribution in [2.24, 2.45) is 0 Å². The van der Waals surface area contributed by atoms with E-state index in [4.69, 9.17) is 4.74 Å². The van der Waals surface area contributed by atoms with E-state index in [0.717, 1.165) is 36.3 Å². The highest BCUT2D eigenvalue weighted by molar-refractivity contribution is 5.42. The lowest BCUT2D eigenvalue weighted by Crippen LogP contribution is -2.09. The smallest absolute Gasteiger partial charge is 0.126 e. The van der Waals surface area contributed by atoms with Crippen LogP contribution in [0.1, 0.15) is 34.8 Å². The van der Waals surface area contributed by atoms with Crippen molar-refractivity contribution < 1.29 is 14.2 Å². The van der Waals surface area contributed by atoms with Crippen molar-refractivity contribution in [2.75, 3.05) is 6.61 Å². The molecule has 2 aromatic rings. The Hall–Kier alpha value is -1.87. The molecule has 0 bridgehead atoms. The van der Waals surface area contributed by atoms with Gasteiger partial charge in [-0.1, -0.05) is 18.2 Å². The molecule has 0 aliphatic carbocycles. The van der Waals surface area contributed by atoms with Gasteiger partial charge in [0.25, 0.3) is 0 Å². The Kier molecular flexibility index (Phi) is 3.45. The number of halogens is 1. The number of hydrogen-bond acceptors (Lipinski definition) is 2. The van der Waals surface area contributed by atoms with Gasteiger partial charge < -0.3 is 9.84 Å². The molecule has 0 spiro atoms. The molecular formula is C17H17FO2. The van der Waals surface area contributed by atoms with E-state index in [9.17, 15) is 9.50 Å². The van der Waals surface area contributed by atoms with Crippen LogP contribution in [0, 0.1) is 12.7 Å². The van der Waals surface area contributed by atoms with Crippen LogP contribution in [0.5, 0.6) is 5.75 Å².